The highest BCUT2D eigenvalue weighted by Crippen LogP contribution is 2.27. The summed E-state index contributed by atoms with van der Waals surface area (Å²) in [5.41, 5.74) is 8.62. The number of likely N-dealkylation sites (N-methyl/N-ethyl adjacent to an activating group) is 2. The summed E-state index contributed by atoms with van der Waals surface area (Å²) in [7, 11) is 0. The van der Waals surface area contributed by atoms with Crippen molar-refractivity contribution in [3.63, 3.8) is 0 Å². The van der Waals surface area contributed by atoms with E-state index in [0.29, 0.717) is 23.1 Å². The fourth-order valence-electron chi connectivity index (χ4n) is 7.17. The number of alkyl halides is 5. The molecule has 0 spiro atoms. The van der Waals surface area contributed by atoms with Crippen LogP contribution in [0.3, 0.4) is 0 Å². The first-order valence-electron chi connectivity index (χ1n) is 22.6. The van der Waals surface area contributed by atoms with Crippen molar-refractivity contribution in [1.82, 2.24) is 40.0 Å². The van der Waals surface area contributed by atoms with Gasteiger partial charge in [-0.25, -0.2) is 8.78 Å². The Morgan fingerprint density at radius 2 is 1.01 bits per heavy atom. The van der Waals surface area contributed by atoms with Gasteiger partial charge < -0.3 is 39.2 Å². The Balaban J connectivity index is 0.000000188. The van der Waals surface area contributed by atoms with Crippen LogP contribution in [0.1, 0.15) is 49.6 Å². The van der Waals surface area contributed by atoms with Crippen molar-refractivity contribution < 1.29 is 44.7 Å². The van der Waals surface area contributed by atoms with Gasteiger partial charge in [0.2, 0.25) is 11.8 Å². The number of nitrogens with zero attached hydrogens (tertiary/aromatic N) is 8. The second-order valence-corrected chi connectivity index (χ2v) is 16.5. The fraction of sp³-hybridized carbons (Fsp3) is 0.417. The predicted molar refractivity (Wildman–Crippen MR) is 255 cm³/mol. The standard InChI is InChI=1S/C24H28F3N5O2.C14H23N3O.C10H6BrF3N2O/c1-2-31-9-11-32(12-10-31)13-14-33-20-7-5-19(6-8-20)28-16-18-4-3-17(15-21(18)25)23-29-30-24(34-23)22(26)27;1-2-16-7-9-17(10-8-16)11-12-18-14-5-3-13(15)4-6-14;11-4-6-2-1-5(3-7(6)12)9-15-16-10(17-9)8(13)14/h3-8,15,22,28H,2,9-14,16H2,1H3;3-6H,2,7-12,15H2,1H3;1-3,8H,4H2. The number of anilines is 2. The van der Waals surface area contributed by atoms with Gasteiger partial charge >= 0.3 is 12.9 Å². The molecular weight excluding hydrogens is 974 g/mol. The highest BCUT2D eigenvalue weighted by molar-refractivity contribution is 9.08. The molecule has 2 aliphatic heterocycles. The number of hydrogen-bond acceptors (Lipinski definition) is 14. The van der Waals surface area contributed by atoms with Gasteiger partial charge in [-0.05, 0) is 91.4 Å². The van der Waals surface area contributed by atoms with Gasteiger partial charge in [-0.1, -0.05) is 41.9 Å². The third-order valence-electron chi connectivity index (χ3n) is 11.4. The maximum atomic E-state index is 14.5. The smallest absolute Gasteiger partial charge is 0.314 e. The molecule has 2 aromatic heterocycles. The number of benzene rings is 4. The largest absolute Gasteiger partial charge is 0.492 e. The molecule has 0 radical (unpaired) electrons. The predicted octanol–water partition coefficient (Wildman–Crippen LogP) is 9.44. The summed E-state index contributed by atoms with van der Waals surface area (Å²) in [6, 6.07) is 23.6. The summed E-state index contributed by atoms with van der Waals surface area (Å²) in [6.07, 6.45) is -5.70. The van der Waals surface area contributed by atoms with Crippen LogP contribution in [0.25, 0.3) is 22.9 Å². The molecule has 2 saturated heterocycles. The lowest BCUT2D eigenvalue weighted by Gasteiger charge is -2.33. The van der Waals surface area contributed by atoms with E-state index in [-0.39, 0.29) is 29.5 Å². The molecule has 4 heterocycles. The van der Waals surface area contributed by atoms with E-state index in [1.165, 1.54) is 37.4 Å². The lowest BCUT2D eigenvalue weighted by molar-refractivity contribution is 0.115. The van der Waals surface area contributed by atoms with E-state index in [0.717, 1.165) is 94.9 Å². The average Bonchev–Trinajstić information content (AvgIpc) is 4.08. The van der Waals surface area contributed by atoms with Gasteiger partial charge in [-0.2, -0.15) is 17.6 Å². The van der Waals surface area contributed by atoms with Crippen LogP contribution in [0.2, 0.25) is 0 Å². The first-order chi connectivity index (χ1) is 33.4. The van der Waals surface area contributed by atoms with Gasteiger partial charge in [0.05, 0.1) is 0 Å². The molecule has 6 aromatic rings. The zero-order valence-electron chi connectivity index (χ0n) is 38.5. The summed E-state index contributed by atoms with van der Waals surface area (Å²) < 4.78 is 98.7. The van der Waals surface area contributed by atoms with Crippen molar-refractivity contribution in [2.75, 3.05) is 103 Å². The molecule has 372 valence electrons. The van der Waals surface area contributed by atoms with E-state index in [1.807, 2.05) is 48.5 Å². The van der Waals surface area contributed by atoms with Crippen LogP contribution >= 0.6 is 15.9 Å². The number of nitrogens with one attached hydrogen (secondary N) is 1. The maximum Gasteiger partial charge on any atom is 0.314 e. The molecule has 0 atom stereocenters. The summed E-state index contributed by atoms with van der Waals surface area (Å²) in [4.78, 5) is 9.81. The van der Waals surface area contributed by atoms with E-state index < -0.39 is 36.3 Å². The zero-order chi connectivity index (χ0) is 49.1. The lowest BCUT2D eigenvalue weighted by Crippen LogP contribution is -2.47. The average molecular weight is 1030 g/mol. The number of nitrogens with two attached hydrogens (primary N) is 1. The van der Waals surface area contributed by atoms with Gasteiger partial charge in [0, 0.05) is 105 Å². The van der Waals surface area contributed by atoms with Crippen LogP contribution in [0.15, 0.2) is 93.8 Å². The molecule has 4 aromatic carbocycles. The monoisotopic (exact) mass is 1030 g/mol. The second kappa shape index (κ2) is 26.9. The zero-order valence-corrected chi connectivity index (χ0v) is 40.1. The van der Waals surface area contributed by atoms with Crippen molar-refractivity contribution in [3.05, 3.63) is 119 Å². The molecule has 2 aliphatic rings. The first kappa shape index (κ1) is 52.6. The Bertz CT molecular complexity index is 2430. The molecule has 0 amide bonds. The van der Waals surface area contributed by atoms with E-state index >= 15 is 0 Å². The molecule has 14 nitrogen and oxygen atoms in total. The maximum absolute atomic E-state index is 14.5. The molecule has 21 heteroatoms. The number of halogens is 7. The van der Waals surface area contributed by atoms with Gasteiger partial charge in [0.1, 0.15) is 36.3 Å². The summed E-state index contributed by atoms with van der Waals surface area (Å²) in [5, 5.41) is 16.9. The van der Waals surface area contributed by atoms with Crippen LogP contribution < -0.4 is 20.5 Å². The Morgan fingerprint density at radius 3 is 1.41 bits per heavy atom. The third kappa shape index (κ3) is 16.4. The van der Waals surface area contributed by atoms with Crippen molar-refractivity contribution in [2.45, 2.75) is 38.6 Å². The highest BCUT2D eigenvalue weighted by Gasteiger charge is 2.20. The number of rotatable bonds is 18. The van der Waals surface area contributed by atoms with Gasteiger partial charge in [-0.3, -0.25) is 9.80 Å². The number of hydrogen-bond donors (Lipinski definition) is 2. The summed E-state index contributed by atoms with van der Waals surface area (Å²) >= 11 is 3.12. The van der Waals surface area contributed by atoms with Crippen molar-refractivity contribution in [1.29, 1.82) is 0 Å². The van der Waals surface area contributed by atoms with Crippen molar-refractivity contribution in [2.24, 2.45) is 0 Å². The summed E-state index contributed by atoms with van der Waals surface area (Å²) in [5.74, 6) is -1.11. The number of nitrogen functional groups attached to an aromatic ring is 1. The molecule has 69 heavy (non-hydrogen) atoms. The van der Waals surface area contributed by atoms with E-state index in [2.05, 4.69) is 75.1 Å². The molecule has 0 unspecified atom stereocenters. The minimum Gasteiger partial charge on any atom is -0.492 e. The van der Waals surface area contributed by atoms with Gasteiger partial charge in [0.15, 0.2) is 0 Å². The Labute approximate surface area is 405 Å². The normalized spacial score (nSPS) is 14.8. The van der Waals surface area contributed by atoms with Crippen LogP contribution in [0.5, 0.6) is 11.5 Å². The molecular formula is C48H57BrF6N10O4. The number of piperazine rings is 2. The summed E-state index contributed by atoms with van der Waals surface area (Å²) in [6.45, 7) is 19.2. The fourth-order valence-corrected chi connectivity index (χ4v) is 7.62. The Morgan fingerprint density at radius 1 is 0.594 bits per heavy atom. The molecule has 0 bridgehead atoms. The first-order valence-corrected chi connectivity index (χ1v) is 23.7. The topological polar surface area (TPSA) is 147 Å². The molecule has 8 rings (SSSR count). The van der Waals surface area contributed by atoms with Gasteiger partial charge in [-0.15, -0.1) is 20.4 Å². The van der Waals surface area contributed by atoms with Crippen LogP contribution in [-0.4, -0.2) is 132 Å². The minimum absolute atomic E-state index is 0.125. The third-order valence-corrected chi connectivity index (χ3v) is 12.0. The second-order valence-electron chi connectivity index (χ2n) is 15.9. The number of ether oxygens (including phenoxy) is 2. The number of aromatic nitrogens is 4. The molecule has 2 fully saturated rings. The Kier molecular flexibility index (Phi) is 20.5. The van der Waals surface area contributed by atoms with E-state index in [1.54, 1.807) is 12.1 Å². The highest BCUT2D eigenvalue weighted by atomic mass is 79.9. The van der Waals surface area contributed by atoms with E-state index in [9.17, 15) is 26.3 Å². The molecule has 0 aliphatic carbocycles. The molecule has 0 saturated carbocycles. The minimum atomic E-state index is -2.87. The molecule has 3 N–H and O–H groups in total. The quantitative estimate of drug-likeness (QED) is 0.0479. The van der Waals surface area contributed by atoms with Crippen LogP contribution in [0, 0.1) is 11.6 Å². The lowest BCUT2D eigenvalue weighted by atomic mass is 10.1. The van der Waals surface area contributed by atoms with Crippen LogP contribution in [-0.2, 0) is 11.9 Å². The van der Waals surface area contributed by atoms with Crippen molar-refractivity contribution in [3.8, 4) is 34.4 Å². The SMILES string of the molecule is CCN1CCN(CCOc2ccc(N)cc2)CC1.CCN1CCN(CCOc2ccc(NCc3ccc(-c4nnc(C(F)F)o4)cc3F)cc2)CC1.Fc1cc(-c2nnc(C(F)F)o2)ccc1CBr. The van der Waals surface area contributed by atoms with Crippen LogP contribution in [0.4, 0.5) is 37.7 Å². The Hall–Kier alpha value is -5.74. The van der Waals surface area contributed by atoms with Gasteiger partial charge in [0.25, 0.3) is 11.8 Å². The van der Waals surface area contributed by atoms with E-state index in [4.69, 9.17) is 24.0 Å². The van der Waals surface area contributed by atoms with Crippen molar-refractivity contribution >= 4 is 27.3 Å².